The van der Waals surface area contributed by atoms with E-state index >= 15 is 0 Å². The zero-order valence-corrected chi connectivity index (χ0v) is 23.3. The first-order valence-corrected chi connectivity index (χ1v) is 19.6. The second-order valence-electron chi connectivity index (χ2n) is 11.2. The average Bonchev–Trinajstić information content (AvgIpc) is 2.79. The van der Waals surface area contributed by atoms with Gasteiger partial charge in [0.2, 0.25) is 0 Å². The van der Waals surface area contributed by atoms with Gasteiger partial charge < -0.3 is 0 Å². The molecule has 0 radical (unpaired) electrons. The molecule has 0 N–H and O–H groups in total. The van der Waals surface area contributed by atoms with Crippen LogP contribution in [0.1, 0.15) is 30.9 Å². The van der Waals surface area contributed by atoms with Crippen LogP contribution in [0.3, 0.4) is 0 Å². The number of benzene rings is 4. The Morgan fingerprint density at radius 1 is 0.853 bits per heavy atom. The summed E-state index contributed by atoms with van der Waals surface area (Å²) in [5, 5.41) is 7.74. The fourth-order valence-corrected chi connectivity index (χ4v) is 8.22. The number of hydrogen-bond donors (Lipinski definition) is 0. The Morgan fingerprint density at radius 3 is 2.29 bits per heavy atom. The molecule has 0 fully saturated rings. The van der Waals surface area contributed by atoms with E-state index in [9.17, 15) is 0 Å². The third kappa shape index (κ3) is 2.97. The van der Waals surface area contributed by atoms with Crippen LogP contribution >= 0.6 is 0 Å². The molecule has 2 nitrogen and oxygen atoms in total. The van der Waals surface area contributed by atoms with Gasteiger partial charge in [0, 0.05) is 0 Å². The van der Waals surface area contributed by atoms with Crippen molar-refractivity contribution in [3.05, 3.63) is 71.9 Å². The van der Waals surface area contributed by atoms with Crippen LogP contribution in [0, 0.1) is 6.92 Å². The molecule has 1 aliphatic rings. The van der Waals surface area contributed by atoms with Gasteiger partial charge in [-0.3, -0.25) is 0 Å². The van der Waals surface area contributed by atoms with Crippen molar-refractivity contribution < 1.29 is 9.30 Å². The number of nitrogens with zero attached hydrogens (tertiary/aromatic N) is 1. The van der Waals surface area contributed by atoms with Crippen LogP contribution < -0.4 is 13.7 Å². The maximum absolute atomic E-state index is 6.89. The quantitative estimate of drug-likeness (QED) is 0.133. The van der Waals surface area contributed by atoms with Gasteiger partial charge in [0.25, 0.3) is 0 Å². The van der Waals surface area contributed by atoms with Crippen molar-refractivity contribution in [2.75, 3.05) is 0 Å². The van der Waals surface area contributed by atoms with Gasteiger partial charge in [-0.05, 0) is 0 Å². The molecule has 3 heteroatoms. The number of aromatic nitrogens is 1. The van der Waals surface area contributed by atoms with Gasteiger partial charge >= 0.3 is 205 Å². The number of fused-ring (bicyclic) bond motifs is 5. The Morgan fingerprint density at radius 2 is 1.59 bits per heavy atom. The molecule has 1 aliphatic heterocycles. The number of hydrogen-bond acceptors (Lipinski definition) is 1. The van der Waals surface area contributed by atoms with Gasteiger partial charge in [0.1, 0.15) is 0 Å². The topological polar surface area (TPSA) is 13.1 Å². The van der Waals surface area contributed by atoms with E-state index in [1.807, 2.05) is 0 Å². The summed E-state index contributed by atoms with van der Waals surface area (Å²) in [6.45, 7) is 6.80. The molecule has 0 unspecified atom stereocenters. The van der Waals surface area contributed by atoms with Crippen molar-refractivity contribution in [3.63, 3.8) is 0 Å². The molecule has 0 aliphatic carbocycles. The van der Waals surface area contributed by atoms with Gasteiger partial charge in [0.15, 0.2) is 0 Å². The number of rotatable bonds is 2. The maximum atomic E-state index is 6.89. The van der Waals surface area contributed by atoms with Crippen LogP contribution in [0.15, 0.2) is 60.8 Å². The van der Waals surface area contributed by atoms with E-state index in [4.69, 9.17) is 4.74 Å². The van der Waals surface area contributed by atoms with Crippen LogP contribution in [0.5, 0.6) is 11.5 Å². The van der Waals surface area contributed by atoms with Gasteiger partial charge in [-0.2, -0.15) is 0 Å². The van der Waals surface area contributed by atoms with E-state index in [-0.39, 0.29) is 0 Å². The molecular formula is C31H32GeNO+. The summed E-state index contributed by atoms with van der Waals surface area (Å²) in [7, 11) is 2.17. The molecule has 5 aromatic rings. The minimum atomic E-state index is -1.96. The normalized spacial score (nSPS) is 13.1. The number of ether oxygens (including phenoxy) is 1. The van der Waals surface area contributed by atoms with Gasteiger partial charge in [-0.15, -0.1) is 0 Å². The second-order valence-corrected chi connectivity index (χ2v) is 21.8. The molecule has 0 bridgehead atoms. The van der Waals surface area contributed by atoms with Crippen molar-refractivity contribution in [2.45, 2.75) is 44.0 Å². The zero-order valence-electron chi connectivity index (χ0n) is 21.2. The molecule has 4 aromatic carbocycles. The molecule has 34 heavy (non-hydrogen) atoms. The van der Waals surface area contributed by atoms with E-state index < -0.39 is 13.3 Å². The molecule has 0 atom stereocenters. The van der Waals surface area contributed by atoms with Crippen LogP contribution in [0.25, 0.3) is 43.6 Å². The molecule has 1 aromatic heterocycles. The summed E-state index contributed by atoms with van der Waals surface area (Å²) in [6, 6.07) is 20.4. The molecular weight excluding hydrogens is 475 g/mol. The molecule has 170 valence electrons. The average molecular weight is 507 g/mol. The molecule has 0 amide bonds. The van der Waals surface area contributed by atoms with E-state index in [1.54, 1.807) is 4.40 Å². The first-order chi connectivity index (χ1) is 16.2. The summed E-state index contributed by atoms with van der Waals surface area (Å²) in [4.78, 5) is 0. The van der Waals surface area contributed by atoms with Gasteiger partial charge in [0.05, 0.1) is 0 Å². The first-order valence-electron chi connectivity index (χ1n) is 12.3. The molecule has 0 spiro atoms. The zero-order chi connectivity index (χ0) is 23.9. The molecule has 2 heterocycles. The van der Waals surface area contributed by atoms with E-state index in [2.05, 4.69) is 110 Å². The predicted octanol–water partition coefficient (Wildman–Crippen LogP) is 7.72. The summed E-state index contributed by atoms with van der Waals surface area (Å²) in [5.74, 6) is 9.76. The minimum absolute atomic E-state index is 0.354. The number of pyridine rings is 1. The van der Waals surface area contributed by atoms with Crippen LogP contribution in [0.2, 0.25) is 17.3 Å². The summed E-state index contributed by atoms with van der Waals surface area (Å²) < 4.78 is 10.7. The third-order valence-corrected chi connectivity index (χ3v) is 11.8. The van der Waals surface area contributed by atoms with Gasteiger partial charge in [-0.1, -0.05) is 0 Å². The summed E-state index contributed by atoms with van der Waals surface area (Å²) in [5.41, 5.74) is 5.10. The molecule has 0 saturated carbocycles. The summed E-state index contributed by atoms with van der Waals surface area (Å²) in [6.07, 6.45) is 2.23. The summed E-state index contributed by atoms with van der Waals surface area (Å²) >= 11 is -1.96. The van der Waals surface area contributed by atoms with Crippen molar-refractivity contribution in [1.82, 2.24) is 0 Å². The first kappa shape index (κ1) is 21.7. The predicted molar refractivity (Wildman–Crippen MR) is 147 cm³/mol. The van der Waals surface area contributed by atoms with Crippen molar-refractivity contribution in [1.29, 1.82) is 0 Å². The Labute approximate surface area is 204 Å². The Balaban J connectivity index is 1.81. The van der Waals surface area contributed by atoms with Crippen LogP contribution in [-0.4, -0.2) is 13.3 Å². The Hall–Kier alpha value is -2.85. The van der Waals surface area contributed by atoms with Gasteiger partial charge in [-0.25, -0.2) is 0 Å². The van der Waals surface area contributed by atoms with Crippen LogP contribution in [0.4, 0.5) is 0 Å². The van der Waals surface area contributed by atoms with Crippen molar-refractivity contribution in [2.24, 2.45) is 7.05 Å². The molecule has 6 rings (SSSR count). The van der Waals surface area contributed by atoms with Crippen molar-refractivity contribution >= 4 is 50.0 Å². The Kier molecular flexibility index (Phi) is 4.67. The fraction of sp³-hybridized carbons (Fsp3) is 0.258. The monoisotopic (exact) mass is 508 g/mol. The SMILES string of the molecule is Cc1c2c(c(C(C)C)c3ccccc13)Oc1cc3cc[c]([Ge]([CH3])([CH3])[CH3])cc3c3cc[n+](C)c-2c13. The van der Waals surface area contributed by atoms with Crippen molar-refractivity contribution in [3.8, 4) is 22.8 Å². The second kappa shape index (κ2) is 7.32. The molecule has 0 saturated heterocycles. The number of aryl methyl sites for hydroxylation is 2. The van der Waals surface area contributed by atoms with E-state index in [0.29, 0.717) is 5.92 Å². The van der Waals surface area contributed by atoms with Crippen LogP contribution in [-0.2, 0) is 7.05 Å². The van der Waals surface area contributed by atoms with E-state index in [0.717, 1.165) is 11.5 Å². The standard InChI is InChI=1S/C31H32GeNO/c1-18(2)27-23-11-9-8-10-22(23)19(3)28-30-29-24(14-15-33(30)7)25-17-21(32(4,5)6)13-12-20(25)16-26(29)34-31(27)28/h8-18H,1-7H3/q+1. The Bertz CT molecular complexity index is 1660. The fourth-order valence-electron chi connectivity index (χ4n) is 5.78. The third-order valence-electron chi connectivity index (χ3n) is 7.56. The van der Waals surface area contributed by atoms with E-state index in [1.165, 1.54) is 54.7 Å².